The second-order valence-electron chi connectivity index (χ2n) is 5.92. The standard InChI is InChI=1S/C14H21N5O3S/c1-11(2)18-9-14(15-10-18)23(20,21)19-4-5-22-13(8-19)12-6-16-17(3)7-12/h6-7,9-11,13H,4-5,8H2,1-3H3/t13-/m0/s1. The minimum Gasteiger partial charge on any atom is -0.371 e. The van der Waals surface area contributed by atoms with Crippen LogP contribution in [0.15, 0.2) is 29.9 Å². The molecule has 2 aromatic heterocycles. The summed E-state index contributed by atoms with van der Waals surface area (Å²) in [5.74, 6) is 0. The van der Waals surface area contributed by atoms with E-state index in [0.29, 0.717) is 13.2 Å². The van der Waals surface area contributed by atoms with Crippen LogP contribution < -0.4 is 0 Å². The minimum atomic E-state index is -3.61. The maximum absolute atomic E-state index is 12.8. The van der Waals surface area contributed by atoms with Crippen molar-refractivity contribution in [1.29, 1.82) is 0 Å². The second-order valence-corrected chi connectivity index (χ2v) is 7.81. The van der Waals surface area contributed by atoms with Gasteiger partial charge in [-0.3, -0.25) is 4.68 Å². The topological polar surface area (TPSA) is 82.2 Å². The Morgan fingerprint density at radius 3 is 2.74 bits per heavy atom. The zero-order valence-electron chi connectivity index (χ0n) is 13.5. The highest BCUT2D eigenvalue weighted by Crippen LogP contribution is 2.25. The number of ether oxygens (including phenoxy) is 1. The van der Waals surface area contributed by atoms with Crippen LogP contribution in [0, 0.1) is 0 Å². The first-order valence-electron chi connectivity index (χ1n) is 7.51. The number of sulfonamides is 1. The summed E-state index contributed by atoms with van der Waals surface area (Å²) in [6.07, 6.45) is 6.37. The number of imidazole rings is 1. The van der Waals surface area contributed by atoms with Gasteiger partial charge in [0.1, 0.15) is 0 Å². The van der Waals surface area contributed by atoms with Gasteiger partial charge in [0.25, 0.3) is 10.0 Å². The molecule has 0 radical (unpaired) electrons. The average molecular weight is 339 g/mol. The van der Waals surface area contributed by atoms with Gasteiger partial charge in [0.05, 0.1) is 25.2 Å². The maximum atomic E-state index is 12.8. The summed E-state index contributed by atoms with van der Waals surface area (Å²) in [5.41, 5.74) is 0.875. The van der Waals surface area contributed by atoms with Gasteiger partial charge < -0.3 is 9.30 Å². The van der Waals surface area contributed by atoms with Crippen molar-refractivity contribution in [3.63, 3.8) is 0 Å². The monoisotopic (exact) mass is 339 g/mol. The van der Waals surface area contributed by atoms with E-state index in [4.69, 9.17) is 4.74 Å². The summed E-state index contributed by atoms with van der Waals surface area (Å²) in [6, 6.07) is 0.166. The molecule has 0 bridgehead atoms. The van der Waals surface area contributed by atoms with Crippen molar-refractivity contribution in [1.82, 2.24) is 23.6 Å². The molecule has 0 amide bonds. The maximum Gasteiger partial charge on any atom is 0.262 e. The molecule has 1 saturated heterocycles. The van der Waals surface area contributed by atoms with Crippen LogP contribution in [-0.4, -0.2) is 51.8 Å². The number of hydrogen-bond acceptors (Lipinski definition) is 5. The lowest BCUT2D eigenvalue weighted by atomic mass is 10.2. The first-order chi connectivity index (χ1) is 10.9. The van der Waals surface area contributed by atoms with Gasteiger partial charge in [0, 0.05) is 44.1 Å². The van der Waals surface area contributed by atoms with E-state index >= 15 is 0 Å². The molecule has 9 heteroatoms. The molecule has 0 saturated carbocycles. The molecule has 1 atom stereocenters. The lowest BCUT2D eigenvalue weighted by Gasteiger charge is -2.31. The van der Waals surface area contributed by atoms with Crippen LogP contribution >= 0.6 is 0 Å². The minimum absolute atomic E-state index is 0.0815. The van der Waals surface area contributed by atoms with Gasteiger partial charge in [-0.2, -0.15) is 9.40 Å². The van der Waals surface area contributed by atoms with Crippen LogP contribution in [0.2, 0.25) is 0 Å². The molecule has 2 aromatic rings. The Morgan fingerprint density at radius 1 is 1.35 bits per heavy atom. The van der Waals surface area contributed by atoms with E-state index in [9.17, 15) is 8.42 Å². The summed E-state index contributed by atoms with van der Waals surface area (Å²) in [6.45, 7) is 4.90. The predicted octanol–water partition coefficient (Wildman–Crippen LogP) is 0.960. The third kappa shape index (κ3) is 3.17. The molecule has 0 aliphatic carbocycles. The number of rotatable bonds is 4. The summed E-state index contributed by atoms with van der Waals surface area (Å²) < 4.78 is 36.1. The Balaban J connectivity index is 1.81. The van der Waals surface area contributed by atoms with Crippen molar-refractivity contribution in [3.8, 4) is 0 Å². The Morgan fingerprint density at radius 2 is 2.13 bits per heavy atom. The van der Waals surface area contributed by atoms with E-state index in [1.807, 2.05) is 27.1 Å². The molecule has 126 valence electrons. The largest absolute Gasteiger partial charge is 0.371 e. The smallest absolute Gasteiger partial charge is 0.262 e. The van der Waals surface area contributed by atoms with Crippen LogP contribution in [0.5, 0.6) is 0 Å². The zero-order valence-corrected chi connectivity index (χ0v) is 14.3. The first kappa shape index (κ1) is 16.2. The van der Waals surface area contributed by atoms with Crippen molar-refractivity contribution in [3.05, 3.63) is 30.5 Å². The van der Waals surface area contributed by atoms with E-state index in [0.717, 1.165) is 5.56 Å². The van der Waals surface area contributed by atoms with Crippen molar-refractivity contribution < 1.29 is 13.2 Å². The fraction of sp³-hybridized carbons (Fsp3) is 0.571. The molecule has 3 heterocycles. The molecule has 0 N–H and O–H groups in total. The molecule has 8 nitrogen and oxygen atoms in total. The normalized spacial score (nSPS) is 20.3. The number of nitrogens with zero attached hydrogens (tertiary/aromatic N) is 5. The van der Waals surface area contributed by atoms with Crippen LogP contribution in [-0.2, 0) is 21.8 Å². The van der Waals surface area contributed by atoms with E-state index in [2.05, 4.69) is 10.1 Å². The Kier molecular flexibility index (Phi) is 4.26. The Hall–Kier alpha value is -1.71. The summed E-state index contributed by atoms with van der Waals surface area (Å²) in [5, 5.41) is 4.19. The van der Waals surface area contributed by atoms with Crippen molar-refractivity contribution in [2.45, 2.75) is 31.0 Å². The molecule has 0 unspecified atom stereocenters. The highest BCUT2D eigenvalue weighted by atomic mass is 32.2. The predicted molar refractivity (Wildman–Crippen MR) is 83.3 cm³/mol. The fourth-order valence-corrected chi connectivity index (χ4v) is 3.86. The molecule has 3 rings (SSSR count). The number of hydrogen-bond donors (Lipinski definition) is 0. The molecule has 23 heavy (non-hydrogen) atoms. The van der Waals surface area contributed by atoms with E-state index < -0.39 is 10.0 Å². The summed E-state index contributed by atoms with van der Waals surface area (Å²) in [4.78, 5) is 4.06. The molecule has 1 aliphatic rings. The lowest BCUT2D eigenvalue weighted by Crippen LogP contribution is -2.42. The van der Waals surface area contributed by atoms with Gasteiger partial charge in [-0.05, 0) is 13.8 Å². The quantitative estimate of drug-likeness (QED) is 0.829. The lowest BCUT2D eigenvalue weighted by molar-refractivity contribution is -0.00265. The molecule has 1 aliphatic heterocycles. The number of aryl methyl sites for hydroxylation is 1. The Bertz CT molecular complexity index is 780. The van der Waals surface area contributed by atoms with E-state index in [1.54, 1.807) is 28.0 Å². The third-order valence-electron chi connectivity index (χ3n) is 3.90. The molecular weight excluding hydrogens is 318 g/mol. The molecular formula is C14H21N5O3S. The Labute approximate surface area is 135 Å². The third-order valence-corrected chi connectivity index (χ3v) is 5.66. The van der Waals surface area contributed by atoms with Gasteiger partial charge in [-0.25, -0.2) is 13.4 Å². The summed E-state index contributed by atoms with van der Waals surface area (Å²) >= 11 is 0. The highest BCUT2D eigenvalue weighted by Gasteiger charge is 2.33. The van der Waals surface area contributed by atoms with Crippen LogP contribution in [0.4, 0.5) is 0 Å². The van der Waals surface area contributed by atoms with Crippen LogP contribution in [0.3, 0.4) is 0 Å². The average Bonchev–Trinajstić information content (AvgIpc) is 3.16. The second kappa shape index (κ2) is 6.06. The highest BCUT2D eigenvalue weighted by molar-refractivity contribution is 7.89. The van der Waals surface area contributed by atoms with Crippen molar-refractivity contribution in [2.75, 3.05) is 19.7 Å². The first-order valence-corrected chi connectivity index (χ1v) is 8.95. The SMILES string of the molecule is CC(C)n1cnc(S(=O)(=O)N2CCO[C@H](c3cnn(C)c3)C2)c1. The van der Waals surface area contributed by atoms with Gasteiger partial charge in [0.15, 0.2) is 5.03 Å². The fourth-order valence-electron chi connectivity index (χ4n) is 2.52. The van der Waals surface area contributed by atoms with Gasteiger partial charge in [0.2, 0.25) is 0 Å². The van der Waals surface area contributed by atoms with Crippen molar-refractivity contribution >= 4 is 10.0 Å². The van der Waals surface area contributed by atoms with E-state index in [-0.39, 0.29) is 23.7 Å². The van der Waals surface area contributed by atoms with Crippen LogP contribution in [0.25, 0.3) is 0 Å². The van der Waals surface area contributed by atoms with Crippen LogP contribution in [0.1, 0.15) is 31.6 Å². The van der Waals surface area contributed by atoms with Gasteiger partial charge in [-0.1, -0.05) is 0 Å². The molecule has 1 fully saturated rings. The van der Waals surface area contributed by atoms with Crippen molar-refractivity contribution in [2.24, 2.45) is 7.05 Å². The molecule has 0 aromatic carbocycles. The van der Waals surface area contributed by atoms with Gasteiger partial charge >= 0.3 is 0 Å². The number of aromatic nitrogens is 4. The number of morpholine rings is 1. The zero-order chi connectivity index (χ0) is 16.6. The molecule has 0 spiro atoms. The van der Waals surface area contributed by atoms with Gasteiger partial charge in [-0.15, -0.1) is 0 Å². The summed E-state index contributed by atoms with van der Waals surface area (Å²) in [7, 11) is -1.80. The van der Waals surface area contributed by atoms with E-state index in [1.165, 1.54) is 4.31 Å².